The highest BCUT2D eigenvalue weighted by molar-refractivity contribution is 9.10. The monoisotopic (exact) mass is 306 g/mol. The van der Waals surface area contributed by atoms with Crippen LogP contribution in [0.5, 0.6) is 0 Å². The van der Waals surface area contributed by atoms with Gasteiger partial charge in [-0.25, -0.2) is 4.39 Å². The fraction of sp³-hybridized carbons (Fsp3) is 0.538. The summed E-state index contributed by atoms with van der Waals surface area (Å²) in [7, 11) is 0. The van der Waals surface area contributed by atoms with E-state index in [0.29, 0.717) is 6.42 Å². The molecule has 90 valence electrons. The van der Waals surface area contributed by atoms with E-state index in [1.165, 1.54) is 6.07 Å². The molecule has 0 N–H and O–H groups in total. The van der Waals surface area contributed by atoms with Crippen LogP contribution in [0.3, 0.4) is 0 Å². The molecule has 0 aliphatic rings. The van der Waals surface area contributed by atoms with Gasteiger partial charge in [-0.2, -0.15) is 0 Å². The van der Waals surface area contributed by atoms with Crippen LogP contribution in [0.4, 0.5) is 4.39 Å². The minimum Gasteiger partial charge on any atom is -0.207 e. The Kier molecular flexibility index (Phi) is 4.81. The first-order valence-corrected chi connectivity index (χ1v) is 6.61. The van der Waals surface area contributed by atoms with E-state index in [2.05, 4.69) is 29.8 Å². The van der Waals surface area contributed by atoms with E-state index in [-0.39, 0.29) is 16.6 Å². The van der Waals surface area contributed by atoms with E-state index in [1.54, 1.807) is 6.07 Å². The molecule has 0 aliphatic carbocycles. The van der Waals surface area contributed by atoms with Gasteiger partial charge in [0.1, 0.15) is 5.82 Å². The maximum Gasteiger partial charge on any atom is 0.126 e. The topological polar surface area (TPSA) is 0 Å². The van der Waals surface area contributed by atoms with Crippen molar-refractivity contribution in [1.82, 2.24) is 0 Å². The van der Waals surface area contributed by atoms with Crippen molar-refractivity contribution in [2.24, 2.45) is 5.41 Å². The zero-order chi connectivity index (χ0) is 12.3. The van der Waals surface area contributed by atoms with Crippen LogP contribution < -0.4 is 0 Å². The van der Waals surface area contributed by atoms with Crippen molar-refractivity contribution < 1.29 is 4.39 Å². The molecule has 0 amide bonds. The smallest absolute Gasteiger partial charge is 0.126 e. The molecule has 0 radical (unpaired) electrons. The SMILES string of the molecule is CC(Cl)CC(C)(C)Cc1cc(Br)ccc1F. The van der Waals surface area contributed by atoms with Gasteiger partial charge in [0.25, 0.3) is 0 Å². The molecular weight excluding hydrogens is 290 g/mol. The standard InChI is InChI=1S/C13H17BrClF/c1-9(15)7-13(2,3)8-10-6-11(14)4-5-12(10)16/h4-6,9H,7-8H2,1-3H3. The molecule has 16 heavy (non-hydrogen) atoms. The van der Waals surface area contributed by atoms with Crippen LogP contribution in [-0.4, -0.2) is 5.38 Å². The maximum atomic E-state index is 13.6. The van der Waals surface area contributed by atoms with Crippen molar-refractivity contribution in [2.75, 3.05) is 0 Å². The molecule has 0 fully saturated rings. The molecule has 0 heterocycles. The van der Waals surface area contributed by atoms with Crippen LogP contribution in [0.2, 0.25) is 0 Å². The van der Waals surface area contributed by atoms with Crippen LogP contribution in [0.1, 0.15) is 32.8 Å². The highest BCUT2D eigenvalue weighted by Gasteiger charge is 2.22. The van der Waals surface area contributed by atoms with Crippen molar-refractivity contribution in [2.45, 2.75) is 39.0 Å². The maximum absolute atomic E-state index is 13.6. The molecule has 1 atom stereocenters. The van der Waals surface area contributed by atoms with E-state index in [0.717, 1.165) is 16.5 Å². The minimum atomic E-state index is -0.140. The summed E-state index contributed by atoms with van der Waals surface area (Å²) >= 11 is 9.36. The van der Waals surface area contributed by atoms with E-state index >= 15 is 0 Å². The van der Waals surface area contributed by atoms with Gasteiger partial charge in [0.15, 0.2) is 0 Å². The van der Waals surface area contributed by atoms with E-state index in [4.69, 9.17) is 11.6 Å². The van der Waals surface area contributed by atoms with Gasteiger partial charge < -0.3 is 0 Å². The van der Waals surface area contributed by atoms with Gasteiger partial charge in [-0.05, 0) is 48.9 Å². The van der Waals surface area contributed by atoms with E-state index in [9.17, 15) is 4.39 Å². The number of hydrogen-bond donors (Lipinski definition) is 0. The third-order valence-electron chi connectivity index (χ3n) is 2.51. The summed E-state index contributed by atoms with van der Waals surface area (Å²) in [4.78, 5) is 0. The number of benzene rings is 1. The summed E-state index contributed by atoms with van der Waals surface area (Å²) in [6.45, 7) is 6.21. The van der Waals surface area contributed by atoms with Crippen LogP contribution in [-0.2, 0) is 6.42 Å². The molecule has 1 unspecified atom stereocenters. The molecule has 0 spiro atoms. The van der Waals surface area contributed by atoms with Gasteiger partial charge in [-0.3, -0.25) is 0 Å². The lowest BCUT2D eigenvalue weighted by molar-refractivity contribution is 0.326. The minimum absolute atomic E-state index is 0.0167. The average molecular weight is 308 g/mol. The Bertz CT molecular complexity index is 361. The number of hydrogen-bond acceptors (Lipinski definition) is 0. The van der Waals surface area contributed by atoms with E-state index in [1.807, 2.05) is 13.0 Å². The molecule has 0 aromatic heterocycles. The fourth-order valence-corrected chi connectivity index (χ4v) is 2.85. The third kappa shape index (κ3) is 4.42. The second-order valence-corrected chi connectivity index (χ2v) is 6.72. The first kappa shape index (κ1) is 14.0. The zero-order valence-electron chi connectivity index (χ0n) is 9.86. The van der Waals surface area contributed by atoms with Crippen molar-refractivity contribution in [3.05, 3.63) is 34.1 Å². The van der Waals surface area contributed by atoms with Gasteiger partial charge >= 0.3 is 0 Å². The predicted octanol–water partition coefficient (Wildman–Crippen LogP) is 5.17. The van der Waals surface area contributed by atoms with Crippen LogP contribution in [0.15, 0.2) is 22.7 Å². The summed E-state index contributed by atoms with van der Waals surface area (Å²) in [5, 5.41) is 0.116. The van der Waals surface area contributed by atoms with Crippen molar-refractivity contribution in [1.29, 1.82) is 0 Å². The van der Waals surface area contributed by atoms with Gasteiger partial charge in [0.05, 0.1) is 0 Å². The molecule has 1 aromatic rings. The van der Waals surface area contributed by atoms with Crippen molar-refractivity contribution in [3.8, 4) is 0 Å². The van der Waals surface area contributed by atoms with Gasteiger partial charge in [-0.15, -0.1) is 11.6 Å². The lowest BCUT2D eigenvalue weighted by Crippen LogP contribution is -2.19. The molecule has 0 saturated heterocycles. The third-order valence-corrected chi connectivity index (χ3v) is 3.16. The lowest BCUT2D eigenvalue weighted by Gasteiger charge is -2.26. The number of alkyl halides is 1. The highest BCUT2D eigenvalue weighted by Crippen LogP contribution is 2.31. The van der Waals surface area contributed by atoms with Crippen LogP contribution >= 0.6 is 27.5 Å². The van der Waals surface area contributed by atoms with Gasteiger partial charge in [0.2, 0.25) is 0 Å². The average Bonchev–Trinajstić information content (AvgIpc) is 2.08. The highest BCUT2D eigenvalue weighted by atomic mass is 79.9. The fourth-order valence-electron chi connectivity index (χ4n) is 2.03. The number of rotatable bonds is 4. The summed E-state index contributed by atoms with van der Waals surface area (Å²) in [5.74, 6) is -0.140. The Labute approximate surface area is 110 Å². The quantitative estimate of drug-likeness (QED) is 0.673. The molecular formula is C13H17BrClF. The molecule has 3 heteroatoms. The second-order valence-electron chi connectivity index (χ2n) is 5.06. The lowest BCUT2D eigenvalue weighted by atomic mass is 9.81. The van der Waals surface area contributed by atoms with Crippen LogP contribution in [0.25, 0.3) is 0 Å². The molecule has 0 nitrogen and oxygen atoms in total. The normalized spacial score (nSPS) is 13.9. The van der Waals surface area contributed by atoms with Gasteiger partial charge in [-0.1, -0.05) is 29.8 Å². The molecule has 0 aliphatic heterocycles. The number of halogens is 3. The molecule has 1 rings (SSSR count). The van der Waals surface area contributed by atoms with Gasteiger partial charge in [0, 0.05) is 9.85 Å². The Morgan fingerprint density at radius 3 is 2.62 bits per heavy atom. The van der Waals surface area contributed by atoms with E-state index < -0.39 is 0 Å². The Morgan fingerprint density at radius 2 is 2.06 bits per heavy atom. The Hall–Kier alpha value is -0.0800. The Balaban J connectivity index is 2.82. The van der Waals surface area contributed by atoms with Crippen molar-refractivity contribution >= 4 is 27.5 Å². The summed E-state index contributed by atoms with van der Waals surface area (Å²) in [5.41, 5.74) is 0.764. The Morgan fingerprint density at radius 1 is 1.44 bits per heavy atom. The zero-order valence-corrected chi connectivity index (χ0v) is 12.2. The summed E-state index contributed by atoms with van der Waals surface area (Å²) in [6.07, 6.45) is 1.58. The van der Waals surface area contributed by atoms with Crippen molar-refractivity contribution in [3.63, 3.8) is 0 Å². The molecule has 0 bridgehead atoms. The van der Waals surface area contributed by atoms with Crippen LogP contribution in [0, 0.1) is 11.2 Å². The molecule has 1 aromatic carbocycles. The largest absolute Gasteiger partial charge is 0.207 e. The first-order chi connectivity index (χ1) is 7.30. The molecule has 0 saturated carbocycles. The summed E-state index contributed by atoms with van der Waals surface area (Å²) < 4.78 is 14.5. The second kappa shape index (κ2) is 5.50. The predicted molar refractivity (Wildman–Crippen MR) is 71.5 cm³/mol. The first-order valence-electron chi connectivity index (χ1n) is 5.38. The summed E-state index contributed by atoms with van der Waals surface area (Å²) in [6, 6.07) is 5.06.